The predicted molar refractivity (Wildman–Crippen MR) is 49.1 cm³/mol. The van der Waals surface area contributed by atoms with Gasteiger partial charge in [-0.05, 0) is 13.2 Å². The number of thioether (sulfide) groups is 1. The van der Waals surface area contributed by atoms with Crippen molar-refractivity contribution in [1.82, 2.24) is 0 Å². The first-order valence-corrected chi connectivity index (χ1v) is 4.96. The Morgan fingerprint density at radius 2 is 2.60 bits per heavy atom. The van der Waals surface area contributed by atoms with Gasteiger partial charge in [0.25, 0.3) is 0 Å². The van der Waals surface area contributed by atoms with Gasteiger partial charge in [0.1, 0.15) is 12.0 Å². The number of hydrogen-bond acceptors (Lipinski definition) is 4. The fraction of sp³-hybridized carbons (Fsp3) is 0.833. The van der Waals surface area contributed by atoms with Crippen LogP contribution in [0.4, 0.5) is 0 Å². The van der Waals surface area contributed by atoms with E-state index in [0.29, 0.717) is 12.0 Å². The topological polar surface area (TPSA) is 21.6 Å². The van der Waals surface area contributed by atoms with Crippen LogP contribution in [0.15, 0.2) is 4.99 Å². The van der Waals surface area contributed by atoms with E-state index in [1.807, 2.05) is 13.2 Å². The second kappa shape index (κ2) is 3.53. The molecule has 1 aliphatic rings. The van der Waals surface area contributed by atoms with E-state index in [1.54, 1.807) is 11.8 Å². The zero-order valence-electron chi connectivity index (χ0n) is 6.07. The summed E-state index contributed by atoms with van der Waals surface area (Å²) in [5.74, 6) is 0.780. The summed E-state index contributed by atoms with van der Waals surface area (Å²) in [6.45, 7) is 2.67. The average Bonchev–Trinajstić information content (AvgIpc) is 2.34. The van der Waals surface area contributed by atoms with Gasteiger partial charge in [0.2, 0.25) is 0 Å². The Bertz CT molecular complexity index is 147. The Labute approximate surface area is 70.8 Å². The van der Waals surface area contributed by atoms with Gasteiger partial charge in [-0.3, -0.25) is 0 Å². The molecule has 1 heterocycles. The molecule has 0 radical (unpaired) electrons. The van der Waals surface area contributed by atoms with Gasteiger partial charge in [-0.15, -0.1) is 11.8 Å². The first-order valence-electron chi connectivity index (χ1n) is 3.15. The first kappa shape index (κ1) is 8.27. The summed E-state index contributed by atoms with van der Waals surface area (Å²) in [5.41, 5.74) is 0. The summed E-state index contributed by atoms with van der Waals surface area (Å²) in [6.07, 6.45) is 2.03. The van der Waals surface area contributed by atoms with Crippen LogP contribution in [0, 0.1) is 0 Å². The fourth-order valence-electron chi connectivity index (χ4n) is 0.722. The van der Waals surface area contributed by atoms with Gasteiger partial charge >= 0.3 is 0 Å². The van der Waals surface area contributed by atoms with Gasteiger partial charge in [0, 0.05) is 0 Å². The fourth-order valence-corrected chi connectivity index (χ4v) is 1.28. The molecule has 0 saturated carbocycles. The van der Waals surface area contributed by atoms with Crippen molar-refractivity contribution in [2.24, 2.45) is 4.99 Å². The Kier molecular flexibility index (Phi) is 2.92. The predicted octanol–water partition coefficient (Wildman–Crippen LogP) is 1.42. The number of aliphatic imine (C=N–C) groups is 1. The summed E-state index contributed by atoms with van der Waals surface area (Å²) in [4.78, 5) is 4.29. The summed E-state index contributed by atoms with van der Waals surface area (Å²) >= 11 is 5.91. The van der Waals surface area contributed by atoms with Crippen LogP contribution in [0.25, 0.3) is 0 Å². The van der Waals surface area contributed by atoms with Crippen LogP contribution in [0.5, 0.6) is 0 Å². The lowest BCUT2D eigenvalue weighted by atomic mass is 10.5. The van der Waals surface area contributed by atoms with E-state index in [-0.39, 0.29) is 5.25 Å². The molecule has 1 rings (SSSR count). The molecular formula is C6H11NOS2. The summed E-state index contributed by atoms with van der Waals surface area (Å²) in [5, 5.41) is 0.432. The second-order valence-electron chi connectivity index (χ2n) is 2.14. The third kappa shape index (κ3) is 1.83. The van der Waals surface area contributed by atoms with Crippen molar-refractivity contribution in [2.75, 3.05) is 12.9 Å². The van der Waals surface area contributed by atoms with Crippen molar-refractivity contribution >= 4 is 30.3 Å². The molecule has 2 nitrogen and oxygen atoms in total. The van der Waals surface area contributed by atoms with E-state index in [0.717, 1.165) is 5.90 Å². The SMILES string of the molecule is CSC1COC(C(C)S)=N1. The van der Waals surface area contributed by atoms with Crippen LogP contribution in [0.2, 0.25) is 0 Å². The van der Waals surface area contributed by atoms with Crippen molar-refractivity contribution in [1.29, 1.82) is 0 Å². The molecule has 1 aliphatic heterocycles. The molecule has 0 bridgehead atoms. The number of thiol groups is 1. The van der Waals surface area contributed by atoms with Gasteiger partial charge in [0.05, 0.1) is 5.25 Å². The molecule has 58 valence electrons. The number of nitrogens with zero attached hydrogens (tertiary/aromatic N) is 1. The molecular weight excluding hydrogens is 166 g/mol. The molecule has 4 heteroatoms. The van der Waals surface area contributed by atoms with Crippen molar-refractivity contribution in [3.05, 3.63) is 0 Å². The van der Waals surface area contributed by atoms with Crippen LogP contribution in [-0.4, -0.2) is 29.4 Å². The molecule has 0 N–H and O–H groups in total. The zero-order chi connectivity index (χ0) is 7.56. The molecule has 0 aromatic rings. The molecule has 0 spiro atoms. The van der Waals surface area contributed by atoms with Crippen molar-refractivity contribution < 1.29 is 4.74 Å². The Morgan fingerprint density at radius 3 is 2.90 bits per heavy atom. The van der Waals surface area contributed by atoms with E-state index < -0.39 is 0 Å². The Balaban J connectivity index is 2.48. The molecule has 2 unspecified atom stereocenters. The van der Waals surface area contributed by atoms with Gasteiger partial charge < -0.3 is 4.74 Å². The lowest BCUT2D eigenvalue weighted by Crippen LogP contribution is -2.10. The van der Waals surface area contributed by atoms with Gasteiger partial charge in [0.15, 0.2) is 5.90 Å². The van der Waals surface area contributed by atoms with Gasteiger partial charge in [-0.25, -0.2) is 4.99 Å². The maximum Gasteiger partial charge on any atom is 0.197 e. The summed E-state index contributed by atoms with van der Waals surface area (Å²) in [7, 11) is 0. The van der Waals surface area contributed by atoms with E-state index in [9.17, 15) is 0 Å². The third-order valence-electron chi connectivity index (χ3n) is 1.27. The molecule has 0 aliphatic carbocycles. The lowest BCUT2D eigenvalue weighted by molar-refractivity contribution is 0.334. The average molecular weight is 177 g/mol. The van der Waals surface area contributed by atoms with Crippen LogP contribution >= 0.6 is 24.4 Å². The van der Waals surface area contributed by atoms with Gasteiger partial charge in [-0.1, -0.05) is 0 Å². The minimum Gasteiger partial charge on any atom is -0.477 e. The highest BCUT2D eigenvalue weighted by Gasteiger charge is 2.19. The van der Waals surface area contributed by atoms with E-state index in [2.05, 4.69) is 17.6 Å². The highest BCUT2D eigenvalue weighted by molar-refractivity contribution is 7.99. The van der Waals surface area contributed by atoms with Crippen molar-refractivity contribution in [3.8, 4) is 0 Å². The maximum absolute atomic E-state index is 5.27. The highest BCUT2D eigenvalue weighted by atomic mass is 32.2. The van der Waals surface area contributed by atoms with Crippen molar-refractivity contribution in [3.63, 3.8) is 0 Å². The number of rotatable bonds is 2. The number of ether oxygens (including phenoxy) is 1. The largest absolute Gasteiger partial charge is 0.477 e. The zero-order valence-corrected chi connectivity index (χ0v) is 7.78. The highest BCUT2D eigenvalue weighted by Crippen LogP contribution is 2.17. The lowest BCUT2D eigenvalue weighted by Gasteiger charge is -2.01. The Hall–Kier alpha value is 0.170. The van der Waals surface area contributed by atoms with Crippen molar-refractivity contribution in [2.45, 2.75) is 17.5 Å². The molecule has 0 fully saturated rings. The molecule has 0 aromatic heterocycles. The molecule has 0 saturated heterocycles. The standard InChI is InChI=1S/C6H11NOS2/c1-4(9)6-7-5(10-2)3-8-6/h4-5,9H,3H2,1-2H3. The normalized spacial score (nSPS) is 27.5. The monoisotopic (exact) mass is 177 g/mol. The third-order valence-corrected chi connectivity index (χ3v) is 2.28. The summed E-state index contributed by atoms with van der Waals surface area (Å²) in [6, 6.07) is 0. The van der Waals surface area contributed by atoms with Crippen LogP contribution in [0.1, 0.15) is 6.92 Å². The molecule has 10 heavy (non-hydrogen) atoms. The Morgan fingerprint density at radius 1 is 1.90 bits per heavy atom. The minimum atomic E-state index is 0.136. The van der Waals surface area contributed by atoms with Crippen LogP contribution in [0.3, 0.4) is 0 Å². The quantitative estimate of drug-likeness (QED) is 0.644. The smallest absolute Gasteiger partial charge is 0.197 e. The second-order valence-corrected chi connectivity index (χ2v) is 3.93. The van der Waals surface area contributed by atoms with E-state index in [4.69, 9.17) is 4.74 Å². The molecule has 0 amide bonds. The molecule has 2 atom stereocenters. The summed E-state index contributed by atoms with van der Waals surface area (Å²) < 4.78 is 5.27. The first-order chi connectivity index (χ1) is 4.74. The van der Waals surface area contributed by atoms with Crippen LogP contribution < -0.4 is 0 Å². The van der Waals surface area contributed by atoms with Gasteiger partial charge in [-0.2, -0.15) is 12.6 Å². The molecule has 0 aromatic carbocycles. The maximum atomic E-state index is 5.27. The van der Waals surface area contributed by atoms with Crippen LogP contribution in [-0.2, 0) is 4.74 Å². The van der Waals surface area contributed by atoms with E-state index >= 15 is 0 Å². The van der Waals surface area contributed by atoms with E-state index in [1.165, 1.54) is 0 Å². The minimum absolute atomic E-state index is 0.136. The number of hydrogen-bond donors (Lipinski definition) is 1.